The Morgan fingerprint density at radius 3 is 2.55 bits per heavy atom. The fraction of sp³-hybridized carbons (Fsp3) is 0.0667. The molecule has 0 amide bonds. The van der Waals surface area contributed by atoms with Crippen LogP contribution in [-0.2, 0) is 0 Å². The maximum atomic E-state index is 12.4. The van der Waals surface area contributed by atoms with E-state index in [4.69, 9.17) is 11.6 Å². The molecular weight excluding hydrogens is 276 g/mol. The zero-order valence-electron chi connectivity index (χ0n) is 10.7. The topological polar surface area (TPSA) is 65.7 Å². The number of carbonyl (C=O) groups is 1. The van der Waals surface area contributed by atoms with Gasteiger partial charge in [-0.25, -0.2) is 4.79 Å². The minimum Gasteiger partial charge on any atom is -0.306 e. The van der Waals surface area contributed by atoms with E-state index in [0.29, 0.717) is 27.2 Å². The summed E-state index contributed by atoms with van der Waals surface area (Å²) in [5.74, 6) is -0.168. The molecule has 0 aliphatic rings. The van der Waals surface area contributed by atoms with E-state index in [0.717, 1.165) is 5.56 Å². The Balaban J connectivity index is 2.09. The number of carbonyl (C=O) groups excluding carboxylic acids is 1. The second-order valence-corrected chi connectivity index (χ2v) is 5.06. The number of hydrogen-bond acceptors (Lipinski definition) is 2. The van der Waals surface area contributed by atoms with Crippen LogP contribution in [0.1, 0.15) is 21.5 Å². The van der Waals surface area contributed by atoms with Crippen molar-refractivity contribution in [1.82, 2.24) is 9.97 Å². The standard InChI is InChI=1S/C15H11ClN2O2/c1-8-2-4-10(11(16)6-8)14(19)9-3-5-12-13(7-9)18-15(20)17-12/h2-7H,1H3,(H2,17,18,20). The molecule has 2 aromatic carbocycles. The number of H-pyrrole nitrogens is 2. The van der Waals surface area contributed by atoms with Crippen LogP contribution in [0.2, 0.25) is 5.02 Å². The third kappa shape index (κ3) is 2.14. The Hall–Kier alpha value is -2.33. The molecule has 4 nitrogen and oxygen atoms in total. The number of hydrogen-bond donors (Lipinski definition) is 2. The average Bonchev–Trinajstić information content (AvgIpc) is 2.77. The van der Waals surface area contributed by atoms with Gasteiger partial charge in [0.2, 0.25) is 0 Å². The Labute approximate surface area is 119 Å². The highest BCUT2D eigenvalue weighted by atomic mass is 35.5. The average molecular weight is 287 g/mol. The van der Waals surface area contributed by atoms with E-state index in [9.17, 15) is 9.59 Å². The first-order chi connectivity index (χ1) is 9.54. The van der Waals surface area contributed by atoms with Crippen LogP contribution in [0.5, 0.6) is 0 Å². The van der Waals surface area contributed by atoms with Crippen molar-refractivity contribution in [2.24, 2.45) is 0 Å². The van der Waals surface area contributed by atoms with Gasteiger partial charge in [0.15, 0.2) is 5.78 Å². The van der Waals surface area contributed by atoms with E-state index in [1.807, 2.05) is 13.0 Å². The predicted octanol–water partition coefficient (Wildman–Crippen LogP) is 3.05. The molecule has 0 aliphatic heterocycles. The zero-order valence-corrected chi connectivity index (χ0v) is 11.4. The van der Waals surface area contributed by atoms with E-state index in [1.165, 1.54) is 0 Å². The summed E-state index contributed by atoms with van der Waals surface area (Å²) in [6.07, 6.45) is 0. The van der Waals surface area contributed by atoms with Crippen LogP contribution in [0.15, 0.2) is 41.2 Å². The maximum absolute atomic E-state index is 12.4. The number of benzene rings is 2. The molecule has 0 bridgehead atoms. The highest BCUT2D eigenvalue weighted by Gasteiger charge is 2.13. The molecule has 0 saturated heterocycles. The molecule has 3 rings (SSSR count). The Bertz CT molecular complexity index is 877. The van der Waals surface area contributed by atoms with E-state index in [-0.39, 0.29) is 11.5 Å². The van der Waals surface area contributed by atoms with Crippen LogP contribution in [0.3, 0.4) is 0 Å². The molecule has 0 radical (unpaired) electrons. The van der Waals surface area contributed by atoms with Gasteiger partial charge in [0.05, 0.1) is 16.1 Å². The van der Waals surface area contributed by atoms with Gasteiger partial charge in [-0.2, -0.15) is 0 Å². The lowest BCUT2D eigenvalue weighted by Crippen LogP contribution is -2.02. The first-order valence-electron chi connectivity index (χ1n) is 6.07. The molecule has 0 atom stereocenters. The minimum absolute atomic E-state index is 0.168. The molecule has 3 aromatic rings. The number of aromatic amines is 2. The van der Waals surface area contributed by atoms with Crippen molar-refractivity contribution in [3.63, 3.8) is 0 Å². The minimum atomic E-state index is -0.294. The molecule has 5 heteroatoms. The summed E-state index contributed by atoms with van der Waals surface area (Å²) in [6.45, 7) is 1.91. The summed E-state index contributed by atoms with van der Waals surface area (Å²) < 4.78 is 0. The van der Waals surface area contributed by atoms with E-state index in [1.54, 1.807) is 30.3 Å². The van der Waals surface area contributed by atoms with Crippen LogP contribution in [0, 0.1) is 6.92 Å². The summed E-state index contributed by atoms with van der Waals surface area (Å²) in [6, 6.07) is 10.3. The van der Waals surface area contributed by atoms with Gasteiger partial charge in [-0.05, 0) is 42.8 Å². The van der Waals surface area contributed by atoms with Crippen molar-refractivity contribution in [2.75, 3.05) is 0 Å². The second-order valence-electron chi connectivity index (χ2n) is 4.65. The number of aromatic nitrogens is 2. The Kier molecular flexibility index (Phi) is 2.95. The summed E-state index contributed by atoms with van der Waals surface area (Å²) in [5, 5.41) is 0.428. The van der Waals surface area contributed by atoms with Crippen molar-refractivity contribution in [1.29, 1.82) is 0 Å². The lowest BCUT2D eigenvalue weighted by molar-refractivity contribution is 0.103. The predicted molar refractivity (Wildman–Crippen MR) is 78.5 cm³/mol. The Morgan fingerprint density at radius 2 is 1.80 bits per heavy atom. The third-order valence-corrected chi connectivity index (χ3v) is 3.46. The van der Waals surface area contributed by atoms with Crippen molar-refractivity contribution >= 4 is 28.4 Å². The van der Waals surface area contributed by atoms with Gasteiger partial charge in [-0.1, -0.05) is 17.7 Å². The number of nitrogens with one attached hydrogen (secondary N) is 2. The first-order valence-corrected chi connectivity index (χ1v) is 6.45. The Morgan fingerprint density at radius 1 is 1.05 bits per heavy atom. The van der Waals surface area contributed by atoms with Gasteiger partial charge in [-0.15, -0.1) is 0 Å². The molecular formula is C15H11ClN2O2. The lowest BCUT2D eigenvalue weighted by atomic mass is 10.0. The van der Waals surface area contributed by atoms with Gasteiger partial charge in [0, 0.05) is 11.1 Å². The number of ketones is 1. The van der Waals surface area contributed by atoms with Crippen LogP contribution >= 0.6 is 11.6 Å². The summed E-state index contributed by atoms with van der Waals surface area (Å²) >= 11 is 6.11. The monoisotopic (exact) mass is 286 g/mol. The molecule has 100 valence electrons. The molecule has 0 aliphatic carbocycles. The number of fused-ring (bicyclic) bond motifs is 1. The first kappa shape index (κ1) is 12.7. The van der Waals surface area contributed by atoms with Crippen LogP contribution in [-0.4, -0.2) is 15.8 Å². The lowest BCUT2D eigenvalue weighted by Gasteiger charge is -2.05. The van der Waals surface area contributed by atoms with Crippen LogP contribution < -0.4 is 5.69 Å². The van der Waals surface area contributed by atoms with E-state index < -0.39 is 0 Å². The fourth-order valence-electron chi connectivity index (χ4n) is 2.13. The van der Waals surface area contributed by atoms with E-state index >= 15 is 0 Å². The summed E-state index contributed by atoms with van der Waals surface area (Å²) in [4.78, 5) is 28.9. The van der Waals surface area contributed by atoms with Crippen LogP contribution in [0.25, 0.3) is 11.0 Å². The highest BCUT2D eigenvalue weighted by molar-refractivity contribution is 6.35. The fourth-order valence-corrected chi connectivity index (χ4v) is 2.45. The molecule has 20 heavy (non-hydrogen) atoms. The number of halogens is 1. The van der Waals surface area contributed by atoms with Crippen molar-refractivity contribution < 1.29 is 4.79 Å². The van der Waals surface area contributed by atoms with Gasteiger partial charge in [0.25, 0.3) is 0 Å². The van der Waals surface area contributed by atoms with Gasteiger partial charge in [0.1, 0.15) is 0 Å². The summed E-state index contributed by atoms with van der Waals surface area (Å²) in [5.41, 5.74) is 2.91. The van der Waals surface area contributed by atoms with Gasteiger partial charge >= 0.3 is 5.69 Å². The number of rotatable bonds is 2. The molecule has 1 aromatic heterocycles. The normalized spacial score (nSPS) is 10.9. The number of aryl methyl sites for hydroxylation is 1. The molecule has 1 heterocycles. The van der Waals surface area contributed by atoms with Crippen molar-refractivity contribution in [3.8, 4) is 0 Å². The molecule has 0 saturated carbocycles. The molecule has 2 N–H and O–H groups in total. The summed E-state index contributed by atoms with van der Waals surface area (Å²) in [7, 11) is 0. The highest BCUT2D eigenvalue weighted by Crippen LogP contribution is 2.22. The van der Waals surface area contributed by atoms with Gasteiger partial charge < -0.3 is 9.97 Å². The largest absolute Gasteiger partial charge is 0.323 e. The molecule has 0 spiro atoms. The smallest absolute Gasteiger partial charge is 0.306 e. The van der Waals surface area contributed by atoms with Crippen LogP contribution in [0.4, 0.5) is 0 Å². The molecule has 0 unspecified atom stereocenters. The quantitative estimate of drug-likeness (QED) is 0.711. The van der Waals surface area contributed by atoms with E-state index in [2.05, 4.69) is 9.97 Å². The molecule has 0 fully saturated rings. The number of imidazole rings is 1. The second kappa shape index (κ2) is 4.65. The third-order valence-electron chi connectivity index (χ3n) is 3.15. The SMILES string of the molecule is Cc1ccc(C(=O)c2ccc3[nH]c(=O)[nH]c3c2)c(Cl)c1. The maximum Gasteiger partial charge on any atom is 0.323 e. The van der Waals surface area contributed by atoms with Gasteiger partial charge in [-0.3, -0.25) is 4.79 Å². The van der Waals surface area contributed by atoms with Crippen molar-refractivity contribution in [2.45, 2.75) is 6.92 Å². The van der Waals surface area contributed by atoms with Crippen molar-refractivity contribution in [3.05, 3.63) is 68.6 Å². The zero-order chi connectivity index (χ0) is 14.3.